The highest BCUT2D eigenvalue weighted by Gasteiger charge is 2.24. The number of benzene rings is 1. The standard InChI is InChI=1S/C21H28N6O2/c1-14-7-8-16-11-17(21(29)22-20(16)15(14)2)12-26(9-10-28)13-19-23-24-25-27(19)18-5-3-4-6-18/h7-8,11,18,28H,3-6,9-10,12-13H2,1-2H3,(H,22,29)/p+1. The fourth-order valence-corrected chi connectivity index (χ4v) is 4.35. The van der Waals surface area contributed by atoms with E-state index in [-0.39, 0.29) is 12.2 Å². The van der Waals surface area contributed by atoms with Crippen LogP contribution < -0.4 is 10.5 Å². The molecule has 1 aliphatic carbocycles. The monoisotopic (exact) mass is 397 g/mol. The number of hydrogen-bond donors (Lipinski definition) is 3. The molecule has 1 aliphatic rings. The van der Waals surface area contributed by atoms with Crippen molar-refractivity contribution >= 4 is 10.9 Å². The Labute approximate surface area is 169 Å². The van der Waals surface area contributed by atoms with Crippen molar-refractivity contribution in [3.05, 3.63) is 51.1 Å². The first-order valence-electron chi connectivity index (χ1n) is 10.4. The Morgan fingerprint density at radius 3 is 2.79 bits per heavy atom. The maximum atomic E-state index is 12.7. The van der Waals surface area contributed by atoms with Crippen LogP contribution in [0.4, 0.5) is 0 Å². The second kappa shape index (κ2) is 8.42. The van der Waals surface area contributed by atoms with Crippen molar-refractivity contribution in [1.29, 1.82) is 0 Å². The SMILES string of the molecule is Cc1ccc2cc(C[NH+](CCO)Cc3nnnn3C3CCCC3)c(=O)[nH]c2c1C. The highest BCUT2D eigenvalue weighted by molar-refractivity contribution is 5.83. The van der Waals surface area contributed by atoms with E-state index < -0.39 is 0 Å². The van der Waals surface area contributed by atoms with Crippen LogP contribution in [0.2, 0.25) is 0 Å². The Morgan fingerprint density at radius 1 is 1.24 bits per heavy atom. The van der Waals surface area contributed by atoms with Crippen molar-refractivity contribution in [3.63, 3.8) is 0 Å². The molecule has 3 N–H and O–H groups in total. The van der Waals surface area contributed by atoms with Gasteiger partial charge in [0.1, 0.15) is 19.6 Å². The normalized spacial score (nSPS) is 16.0. The Balaban J connectivity index is 1.59. The fourth-order valence-electron chi connectivity index (χ4n) is 4.35. The second-order valence-corrected chi connectivity index (χ2v) is 8.15. The average Bonchev–Trinajstić information content (AvgIpc) is 3.38. The molecular formula is C21H29N6O2+. The predicted molar refractivity (Wildman–Crippen MR) is 110 cm³/mol. The zero-order valence-electron chi connectivity index (χ0n) is 17.1. The van der Waals surface area contributed by atoms with Crippen LogP contribution in [0.3, 0.4) is 0 Å². The molecule has 2 heterocycles. The van der Waals surface area contributed by atoms with Gasteiger partial charge in [-0.15, -0.1) is 5.10 Å². The van der Waals surface area contributed by atoms with Gasteiger partial charge in [-0.05, 0) is 59.7 Å². The van der Waals surface area contributed by atoms with Gasteiger partial charge >= 0.3 is 0 Å². The van der Waals surface area contributed by atoms with Crippen molar-refractivity contribution in [2.45, 2.75) is 58.7 Å². The average molecular weight is 398 g/mol. The third kappa shape index (κ3) is 4.09. The molecule has 154 valence electrons. The number of aliphatic hydroxyl groups is 1. The van der Waals surface area contributed by atoms with Gasteiger partial charge in [-0.1, -0.05) is 25.0 Å². The fraction of sp³-hybridized carbons (Fsp3) is 0.524. The summed E-state index contributed by atoms with van der Waals surface area (Å²) in [5.74, 6) is 0.823. The molecule has 0 aliphatic heterocycles. The molecule has 3 aromatic rings. The molecular weight excluding hydrogens is 368 g/mol. The third-order valence-corrected chi connectivity index (χ3v) is 6.17. The molecule has 4 rings (SSSR count). The Bertz CT molecular complexity index is 1050. The quantitative estimate of drug-likeness (QED) is 0.548. The minimum absolute atomic E-state index is 0.0458. The molecule has 1 unspecified atom stereocenters. The van der Waals surface area contributed by atoms with Crippen LogP contribution in [0.1, 0.15) is 54.2 Å². The van der Waals surface area contributed by atoms with E-state index in [1.54, 1.807) is 0 Å². The molecule has 1 saturated carbocycles. The van der Waals surface area contributed by atoms with E-state index >= 15 is 0 Å². The number of fused-ring (bicyclic) bond motifs is 1. The molecule has 2 aromatic heterocycles. The van der Waals surface area contributed by atoms with Crippen molar-refractivity contribution in [3.8, 4) is 0 Å². The smallest absolute Gasteiger partial charge is 0.257 e. The molecule has 0 bridgehead atoms. The summed E-state index contributed by atoms with van der Waals surface area (Å²) in [4.78, 5) is 16.9. The van der Waals surface area contributed by atoms with E-state index in [9.17, 15) is 9.90 Å². The molecule has 0 amide bonds. The summed E-state index contributed by atoms with van der Waals surface area (Å²) in [7, 11) is 0. The van der Waals surface area contributed by atoms with Gasteiger partial charge in [-0.2, -0.15) is 0 Å². The largest absolute Gasteiger partial charge is 0.391 e. The third-order valence-electron chi connectivity index (χ3n) is 6.17. The van der Waals surface area contributed by atoms with E-state index in [1.807, 2.05) is 30.7 Å². The summed E-state index contributed by atoms with van der Waals surface area (Å²) in [5.41, 5.74) is 3.79. The van der Waals surface area contributed by atoms with E-state index in [1.165, 1.54) is 12.8 Å². The zero-order chi connectivity index (χ0) is 20.4. The number of nitrogens with one attached hydrogen (secondary N) is 2. The maximum Gasteiger partial charge on any atom is 0.257 e. The van der Waals surface area contributed by atoms with Crippen molar-refractivity contribution in [2.75, 3.05) is 13.2 Å². The molecule has 8 heteroatoms. The summed E-state index contributed by atoms with van der Waals surface area (Å²) >= 11 is 0. The Morgan fingerprint density at radius 2 is 2.03 bits per heavy atom. The summed E-state index contributed by atoms with van der Waals surface area (Å²) in [6, 6.07) is 6.46. The topological polar surface area (TPSA) is 101 Å². The molecule has 1 fully saturated rings. The van der Waals surface area contributed by atoms with Crippen LogP contribution in [-0.2, 0) is 13.1 Å². The highest BCUT2D eigenvalue weighted by atomic mass is 16.3. The molecule has 0 saturated heterocycles. The maximum absolute atomic E-state index is 12.7. The van der Waals surface area contributed by atoms with Gasteiger partial charge in [0.25, 0.3) is 5.56 Å². The molecule has 0 radical (unpaired) electrons. The summed E-state index contributed by atoms with van der Waals surface area (Å²) in [5, 5.41) is 22.9. The second-order valence-electron chi connectivity index (χ2n) is 8.15. The number of aliphatic hydroxyl groups excluding tert-OH is 1. The van der Waals surface area contributed by atoms with Crippen LogP contribution in [0.25, 0.3) is 10.9 Å². The van der Waals surface area contributed by atoms with Crippen LogP contribution in [-0.4, -0.2) is 43.4 Å². The number of pyridine rings is 1. The number of tetrazole rings is 1. The number of hydrogen-bond acceptors (Lipinski definition) is 5. The zero-order valence-corrected chi connectivity index (χ0v) is 17.1. The van der Waals surface area contributed by atoms with Crippen molar-refractivity contribution in [2.24, 2.45) is 0 Å². The first-order chi connectivity index (χ1) is 14.1. The van der Waals surface area contributed by atoms with E-state index in [0.717, 1.165) is 45.6 Å². The van der Waals surface area contributed by atoms with Crippen LogP contribution in [0, 0.1) is 13.8 Å². The molecule has 29 heavy (non-hydrogen) atoms. The number of rotatable bonds is 7. The van der Waals surface area contributed by atoms with Gasteiger partial charge < -0.3 is 15.0 Å². The van der Waals surface area contributed by atoms with Crippen LogP contribution >= 0.6 is 0 Å². The Kier molecular flexibility index (Phi) is 5.73. The van der Waals surface area contributed by atoms with Crippen molar-refractivity contribution < 1.29 is 10.0 Å². The lowest BCUT2D eigenvalue weighted by molar-refractivity contribution is -0.928. The van der Waals surface area contributed by atoms with Gasteiger partial charge in [0.05, 0.1) is 23.7 Å². The summed E-state index contributed by atoms with van der Waals surface area (Å²) < 4.78 is 1.95. The lowest BCUT2D eigenvalue weighted by Crippen LogP contribution is -3.10. The van der Waals surface area contributed by atoms with Gasteiger partial charge in [0, 0.05) is 0 Å². The van der Waals surface area contributed by atoms with Crippen molar-refractivity contribution in [1.82, 2.24) is 25.2 Å². The molecule has 1 aromatic carbocycles. The number of aromatic amines is 1. The number of H-pyrrole nitrogens is 1. The summed E-state index contributed by atoms with van der Waals surface area (Å²) in [6.45, 7) is 5.74. The van der Waals surface area contributed by atoms with Gasteiger partial charge in [-0.25, -0.2) is 4.68 Å². The molecule has 8 nitrogen and oxygen atoms in total. The molecule has 0 spiro atoms. The summed E-state index contributed by atoms with van der Waals surface area (Å²) in [6.07, 6.45) is 4.64. The number of aromatic nitrogens is 5. The van der Waals surface area contributed by atoms with E-state index in [4.69, 9.17) is 0 Å². The lowest BCUT2D eigenvalue weighted by Gasteiger charge is -2.19. The predicted octanol–water partition coefficient (Wildman–Crippen LogP) is 0.824. The first kappa shape index (κ1) is 19.7. The first-order valence-corrected chi connectivity index (χ1v) is 10.4. The van der Waals surface area contributed by atoms with Crippen LogP contribution in [0.15, 0.2) is 23.0 Å². The molecule has 1 atom stereocenters. The van der Waals surface area contributed by atoms with Crippen LogP contribution in [0.5, 0.6) is 0 Å². The Hall–Kier alpha value is -2.58. The van der Waals surface area contributed by atoms with Gasteiger partial charge in [-0.3, -0.25) is 4.79 Å². The van der Waals surface area contributed by atoms with Gasteiger partial charge in [0.15, 0.2) is 0 Å². The minimum Gasteiger partial charge on any atom is -0.391 e. The minimum atomic E-state index is -0.0722. The lowest BCUT2D eigenvalue weighted by atomic mass is 10.0. The number of nitrogens with zero attached hydrogens (tertiary/aromatic N) is 4. The number of aryl methyl sites for hydroxylation is 2. The van der Waals surface area contributed by atoms with E-state index in [2.05, 4.69) is 26.6 Å². The highest BCUT2D eigenvalue weighted by Crippen LogP contribution is 2.28. The number of quaternary nitrogens is 1. The van der Waals surface area contributed by atoms with Gasteiger partial charge in [0.2, 0.25) is 5.82 Å². The van der Waals surface area contributed by atoms with E-state index in [0.29, 0.717) is 31.2 Å².